The van der Waals surface area contributed by atoms with Crippen molar-refractivity contribution in [1.82, 2.24) is 14.8 Å². The molecule has 0 radical (unpaired) electrons. The fourth-order valence-corrected chi connectivity index (χ4v) is 3.84. The number of thiophene rings is 1. The molecule has 0 aliphatic carbocycles. The van der Waals surface area contributed by atoms with Gasteiger partial charge in [-0.1, -0.05) is 18.7 Å². The van der Waals surface area contributed by atoms with Crippen LogP contribution in [0.5, 0.6) is 0 Å². The fourth-order valence-electron chi connectivity index (χ4n) is 1.70. The predicted octanol–water partition coefficient (Wildman–Crippen LogP) is 3.28. The molecule has 0 atom stereocenters. The highest BCUT2D eigenvalue weighted by Gasteiger charge is 2.15. The second kappa shape index (κ2) is 7.24. The molecule has 0 fully saturated rings. The number of aromatic nitrogens is 3. The molecule has 0 amide bonds. The summed E-state index contributed by atoms with van der Waals surface area (Å²) >= 11 is 6.39. The molecular weight excluding hydrogens is 362 g/mol. The lowest BCUT2D eigenvalue weighted by Crippen LogP contribution is -2.07. The maximum absolute atomic E-state index is 10.7. The molecule has 1 N–H and O–H groups in total. The third-order valence-corrected chi connectivity index (χ3v) is 5.45. The van der Waals surface area contributed by atoms with Crippen LogP contribution in [-0.2, 0) is 17.8 Å². The summed E-state index contributed by atoms with van der Waals surface area (Å²) in [5.74, 6) is 0.0511. The minimum absolute atomic E-state index is 0.00410. The Labute approximate surface area is 133 Å². The molecule has 5 nitrogen and oxygen atoms in total. The molecule has 0 aliphatic heterocycles. The van der Waals surface area contributed by atoms with Crippen LogP contribution in [0.3, 0.4) is 0 Å². The Morgan fingerprint density at radius 1 is 1.55 bits per heavy atom. The number of thioether (sulfide) groups is 1. The van der Waals surface area contributed by atoms with E-state index < -0.39 is 5.97 Å². The first-order chi connectivity index (χ1) is 9.61. The number of nitrogens with zero attached hydrogens (tertiary/aromatic N) is 3. The summed E-state index contributed by atoms with van der Waals surface area (Å²) in [6, 6.07) is 2.01. The van der Waals surface area contributed by atoms with Crippen molar-refractivity contribution in [2.75, 3.05) is 5.75 Å². The van der Waals surface area contributed by atoms with Crippen LogP contribution in [0, 0.1) is 0 Å². The number of hydrogen-bond acceptors (Lipinski definition) is 5. The first-order valence-corrected chi connectivity index (χ1v) is 8.76. The number of rotatable bonds is 7. The summed E-state index contributed by atoms with van der Waals surface area (Å²) in [6.07, 6.45) is 1.82. The molecule has 2 rings (SSSR count). The number of aliphatic carboxylic acids is 1. The topological polar surface area (TPSA) is 68.0 Å². The number of carboxylic acid groups (broad SMARTS) is 1. The Hall–Kier alpha value is -0.860. The van der Waals surface area contributed by atoms with Gasteiger partial charge in [0.05, 0.1) is 12.3 Å². The average Bonchev–Trinajstić information content (AvgIpc) is 2.97. The van der Waals surface area contributed by atoms with Gasteiger partial charge in [0.25, 0.3) is 0 Å². The lowest BCUT2D eigenvalue weighted by molar-refractivity contribution is -0.133. The molecule has 0 unspecified atom stereocenters. The van der Waals surface area contributed by atoms with Crippen molar-refractivity contribution < 1.29 is 9.90 Å². The van der Waals surface area contributed by atoms with E-state index in [-0.39, 0.29) is 5.75 Å². The zero-order valence-corrected chi connectivity index (χ0v) is 14.1. The largest absolute Gasteiger partial charge is 0.481 e. The Morgan fingerprint density at radius 2 is 2.35 bits per heavy atom. The maximum Gasteiger partial charge on any atom is 0.313 e. The second-order valence-corrected chi connectivity index (χ2v) is 6.91. The minimum atomic E-state index is -0.848. The van der Waals surface area contributed by atoms with Crippen LogP contribution in [0.2, 0.25) is 0 Å². The Morgan fingerprint density at radius 3 is 2.95 bits per heavy atom. The molecule has 2 aromatic rings. The molecule has 8 heteroatoms. The van der Waals surface area contributed by atoms with Crippen LogP contribution in [-0.4, -0.2) is 31.6 Å². The fraction of sp³-hybridized carbons (Fsp3) is 0.417. The number of carbonyl (C=O) groups is 1. The van der Waals surface area contributed by atoms with Gasteiger partial charge in [-0.15, -0.1) is 21.5 Å². The average molecular weight is 376 g/mol. The molecule has 0 aliphatic rings. The van der Waals surface area contributed by atoms with Gasteiger partial charge in [-0.05, 0) is 33.8 Å². The first kappa shape index (κ1) is 15.5. The van der Waals surface area contributed by atoms with Gasteiger partial charge in [0, 0.05) is 15.8 Å². The quantitative estimate of drug-likeness (QED) is 0.752. The van der Waals surface area contributed by atoms with E-state index in [1.54, 1.807) is 11.3 Å². The normalized spacial score (nSPS) is 10.9. The van der Waals surface area contributed by atoms with Gasteiger partial charge in [0.2, 0.25) is 0 Å². The van der Waals surface area contributed by atoms with E-state index >= 15 is 0 Å². The first-order valence-electron chi connectivity index (χ1n) is 6.10. The Balaban J connectivity index is 2.24. The van der Waals surface area contributed by atoms with Crippen molar-refractivity contribution in [2.24, 2.45) is 0 Å². The minimum Gasteiger partial charge on any atom is -0.481 e. The van der Waals surface area contributed by atoms with E-state index in [0.717, 1.165) is 23.1 Å². The molecule has 0 saturated heterocycles. The summed E-state index contributed by atoms with van der Waals surface area (Å²) in [6.45, 7) is 2.76. The summed E-state index contributed by atoms with van der Waals surface area (Å²) in [5, 5.41) is 19.8. The Kier molecular flexibility index (Phi) is 5.62. The van der Waals surface area contributed by atoms with Crippen LogP contribution in [0.4, 0.5) is 0 Å². The lowest BCUT2D eigenvalue weighted by Gasteiger charge is -2.08. The van der Waals surface area contributed by atoms with Crippen molar-refractivity contribution in [3.8, 4) is 0 Å². The molecule has 2 heterocycles. The van der Waals surface area contributed by atoms with Gasteiger partial charge >= 0.3 is 5.97 Å². The van der Waals surface area contributed by atoms with Crippen molar-refractivity contribution in [3.05, 3.63) is 26.6 Å². The van der Waals surface area contributed by atoms with Gasteiger partial charge in [0.15, 0.2) is 5.16 Å². The summed E-state index contributed by atoms with van der Waals surface area (Å²) in [5.41, 5.74) is 0. The molecule has 0 spiro atoms. The standard InChI is InChI=1S/C12H14BrN3O2S2/c1-2-3-10-14-15-12(20-7-11(17)18)16(10)6-9-8(13)4-5-19-9/h4-5H,2-3,6-7H2,1H3,(H,17,18). The summed E-state index contributed by atoms with van der Waals surface area (Å²) < 4.78 is 3.07. The van der Waals surface area contributed by atoms with E-state index in [2.05, 4.69) is 33.1 Å². The van der Waals surface area contributed by atoms with Crippen LogP contribution in [0.25, 0.3) is 0 Å². The molecule has 20 heavy (non-hydrogen) atoms. The SMILES string of the molecule is CCCc1nnc(SCC(=O)O)n1Cc1sccc1Br. The second-order valence-electron chi connectivity index (χ2n) is 4.11. The smallest absolute Gasteiger partial charge is 0.313 e. The third-order valence-electron chi connectivity index (χ3n) is 2.58. The van der Waals surface area contributed by atoms with Gasteiger partial charge in [-0.2, -0.15) is 0 Å². The van der Waals surface area contributed by atoms with Crippen molar-refractivity contribution in [1.29, 1.82) is 0 Å². The van der Waals surface area contributed by atoms with E-state index in [1.165, 1.54) is 16.6 Å². The zero-order valence-electron chi connectivity index (χ0n) is 10.9. The van der Waals surface area contributed by atoms with E-state index in [9.17, 15) is 4.79 Å². The number of carboxylic acids is 1. The molecule has 108 valence electrons. The van der Waals surface area contributed by atoms with Crippen LogP contribution >= 0.6 is 39.0 Å². The van der Waals surface area contributed by atoms with Gasteiger partial charge in [-0.3, -0.25) is 4.79 Å². The monoisotopic (exact) mass is 375 g/mol. The van der Waals surface area contributed by atoms with Gasteiger partial charge in [-0.25, -0.2) is 0 Å². The zero-order chi connectivity index (χ0) is 14.5. The summed E-state index contributed by atoms with van der Waals surface area (Å²) in [7, 11) is 0. The van der Waals surface area contributed by atoms with Crippen molar-refractivity contribution in [3.63, 3.8) is 0 Å². The highest BCUT2D eigenvalue weighted by Crippen LogP contribution is 2.26. The number of hydrogen-bond donors (Lipinski definition) is 1. The molecule has 0 bridgehead atoms. The van der Waals surface area contributed by atoms with Gasteiger partial charge in [0.1, 0.15) is 5.82 Å². The number of halogens is 1. The van der Waals surface area contributed by atoms with E-state index in [4.69, 9.17) is 5.11 Å². The molecule has 2 aromatic heterocycles. The van der Waals surface area contributed by atoms with E-state index in [0.29, 0.717) is 11.7 Å². The lowest BCUT2D eigenvalue weighted by atomic mass is 10.3. The van der Waals surface area contributed by atoms with Crippen molar-refractivity contribution >= 4 is 45.0 Å². The Bertz CT molecular complexity index is 597. The van der Waals surface area contributed by atoms with Crippen LogP contribution < -0.4 is 0 Å². The molecular formula is C12H14BrN3O2S2. The maximum atomic E-state index is 10.7. The number of aryl methyl sites for hydroxylation is 1. The highest BCUT2D eigenvalue weighted by atomic mass is 79.9. The summed E-state index contributed by atoms with van der Waals surface area (Å²) in [4.78, 5) is 11.9. The van der Waals surface area contributed by atoms with Crippen molar-refractivity contribution in [2.45, 2.75) is 31.5 Å². The van der Waals surface area contributed by atoms with Gasteiger partial charge < -0.3 is 9.67 Å². The highest BCUT2D eigenvalue weighted by molar-refractivity contribution is 9.10. The molecule has 0 saturated carbocycles. The molecule has 0 aromatic carbocycles. The third kappa shape index (κ3) is 3.83. The predicted molar refractivity (Wildman–Crippen MR) is 83.5 cm³/mol. The van der Waals surface area contributed by atoms with E-state index in [1.807, 2.05) is 16.0 Å². The van der Waals surface area contributed by atoms with Crippen LogP contribution in [0.1, 0.15) is 24.0 Å². The van der Waals surface area contributed by atoms with Crippen LogP contribution in [0.15, 0.2) is 21.1 Å².